The van der Waals surface area contributed by atoms with E-state index in [1.54, 1.807) is 23.9 Å². The highest BCUT2D eigenvalue weighted by molar-refractivity contribution is 7.71. The lowest BCUT2D eigenvalue weighted by Gasteiger charge is -1.94. The van der Waals surface area contributed by atoms with Crippen LogP contribution in [0, 0.1) is 4.64 Å². The number of aryl methyl sites for hydroxylation is 1. The molecule has 0 spiro atoms. The molecule has 0 saturated heterocycles. The van der Waals surface area contributed by atoms with Crippen molar-refractivity contribution in [3.63, 3.8) is 0 Å². The summed E-state index contributed by atoms with van der Waals surface area (Å²) >= 11 is 10.4. The summed E-state index contributed by atoms with van der Waals surface area (Å²) in [6, 6.07) is 3.41. The van der Waals surface area contributed by atoms with Gasteiger partial charge in [-0.2, -0.15) is 5.10 Å². The molecule has 0 amide bonds. The predicted molar refractivity (Wildman–Crippen MR) is 39.1 cm³/mol. The molecule has 1 aromatic heterocycles. The Morgan fingerprint density at radius 2 is 2.33 bits per heavy atom. The van der Waals surface area contributed by atoms with Crippen LogP contribution in [0.15, 0.2) is 12.1 Å². The Bertz CT molecular complexity index is 268. The van der Waals surface area contributed by atoms with Gasteiger partial charge in [-0.25, -0.2) is 0 Å². The summed E-state index contributed by atoms with van der Waals surface area (Å²) in [5.74, 6) is 0. The number of hydrogen-bond acceptors (Lipinski definition) is 2. The molecule has 0 N–H and O–H groups in total. The first-order valence-electron chi connectivity index (χ1n) is 2.40. The number of rotatable bonds is 0. The van der Waals surface area contributed by atoms with Crippen molar-refractivity contribution < 1.29 is 0 Å². The maximum Gasteiger partial charge on any atom is 0.149 e. The van der Waals surface area contributed by atoms with Gasteiger partial charge in [0.05, 0.1) is 0 Å². The van der Waals surface area contributed by atoms with Crippen molar-refractivity contribution in [2.75, 3.05) is 0 Å². The Morgan fingerprint density at radius 3 is 2.78 bits per heavy atom. The van der Waals surface area contributed by atoms with Crippen LogP contribution in [0.3, 0.4) is 0 Å². The van der Waals surface area contributed by atoms with E-state index >= 15 is 0 Å². The van der Waals surface area contributed by atoms with Crippen molar-refractivity contribution in [2.24, 2.45) is 7.05 Å². The first-order valence-corrected chi connectivity index (χ1v) is 3.18. The zero-order valence-corrected chi connectivity index (χ0v) is 6.41. The van der Waals surface area contributed by atoms with Crippen molar-refractivity contribution in [1.29, 1.82) is 0 Å². The summed E-state index contributed by atoms with van der Waals surface area (Å²) in [4.78, 5) is 0. The highest BCUT2D eigenvalue weighted by Gasteiger charge is 1.86. The van der Waals surface area contributed by atoms with E-state index in [9.17, 15) is 0 Å². The number of aromatic nitrogens is 2. The van der Waals surface area contributed by atoms with Gasteiger partial charge in [-0.05, 0) is 12.1 Å². The third kappa shape index (κ3) is 1.50. The molecule has 9 heavy (non-hydrogen) atoms. The van der Waals surface area contributed by atoms with Crippen LogP contribution in [0.5, 0.6) is 0 Å². The highest BCUT2D eigenvalue weighted by Crippen LogP contribution is 2.00. The molecule has 0 bridgehead atoms. The van der Waals surface area contributed by atoms with E-state index in [-0.39, 0.29) is 0 Å². The molecule has 0 unspecified atom stereocenters. The van der Waals surface area contributed by atoms with E-state index in [0.717, 1.165) is 0 Å². The van der Waals surface area contributed by atoms with Crippen LogP contribution in [0.1, 0.15) is 0 Å². The Hall–Kier alpha value is -0.410. The minimum absolute atomic E-state index is 0.464. The van der Waals surface area contributed by atoms with E-state index < -0.39 is 0 Å². The fraction of sp³-hybridized carbons (Fsp3) is 0.200. The maximum atomic E-state index is 5.54. The Balaban J connectivity index is 3.34. The summed E-state index contributed by atoms with van der Waals surface area (Å²) in [5, 5.41) is 4.32. The lowest BCUT2D eigenvalue weighted by Crippen LogP contribution is -1.96. The second-order valence-corrected chi connectivity index (χ2v) is 2.42. The summed E-state index contributed by atoms with van der Waals surface area (Å²) in [6.07, 6.45) is 0. The van der Waals surface area contributed by atoms with Crippen molar-refractivity contribution in [3.8, 4) is 0 Å². The second-order valence-electron chi connectivity index (χ2n) is 1.62. The van der Waals surface area contributed by atoms with E-state index in [0.29, 0.717) is 9.79 Å². The summed E-state index contributed by atoms with van der Waals surface area (Å²) in [7, 11) is 1.76. The monoisotopic (exact) mass is 160 g/mol. The largest absolute Gasteiger partial charge is 0.256 e. The summed E-state index contributed by atoms with van der Waals surface area (Å²) < 4.78 is 2.23. The SMILES string of the molecule is Cn1nc(Cl)ccc1=S. The minimum atomic E-state index is 0.464. The lowest BCUT2D eigenvalue weighted by molar-refractivity contribution is 0.727. The topological polar surface area (TPSA) is 17.8 Å². The maximum absolute atomic E-state index is 5.54. The van der Waals surface area contributed by atoms with Gasteiger partial charge in [-0.15, -0.1) is 0 Å². The molecule has 2 nitrogen and oxygen atoms in total. The second kappa shape index (κ2) is 2.45. The zero-order chi connectivity index (χ0) is 6.85. The molecule has 0 aromatic carbocycles. The molecule has 0 radical (unpaired) electrons. The van der Waals surface area contributed by atoms with Crippen LogP contribution in [0.25, 0.3) is 0 Å². The molecule has 0 fully saturated rings. The zero-order valence-electron chi connectivity index (χ0n) is 4.84. The quantitative estimate of drug-likeness (QED) is 0.539. The molecule has 1 aromatic rings. The molecule has 1 rings (SSSR count). The Kier molecular flexibility index (Phi) is 1.83. The predicted octanol–water partition coefficient (Wildman–Crippen LogP) is 1.80. The summed E-state index contributed by atoms with van der Waals surface area (Å²) in [6.45, 7) is 0. The van der Waals surface area contributed by atoms with Gasteiger partial charge < -0.3 is 0 Å². The summed E-state index contributed by atoms with van der Waals surface area (Å²) in [5.41, 5.74) is 0. The molecular weight excluding hydrogens is 156 g/mol. The smallest absolute Gasteiger partial charge is 0.149 e. The van der Waals surface area contributed by atoms with Gasteiger partial charge >= 0.3 is 0 Å². The van der Waals surface area contributed by atoms with Crippen LogP contribution in [0.2, 0.25) is 5.15 Å². The minimum Gasteiger partial charge on any atom is -0.256 e. The lowest BCUT2D eigenvalue weighted by atomic mass is 10.6. The van der Waals surface area contributed by atoms with Gasteiger partial charge in [-0.1, -0.05) is 23.8 Å². The van der Waals surface area contributed by atoms with Crippen molar-refractivity contribution in [1.82, 2.24) is 9.78 Å². The van der Waals surface area contributed by atoms with E-state index in [1.165, 1.54) is 0 Å². The van der Waals surface area contributed by atoms with Gasteiger partial charge in [0.15, 0.2) is 0 Å². The molecule has 0 aliphatic heterocycles. The molecule has 0 atom stereocenters. The third-order valence-corrected chi connectivity index (χ3v) is 1.53. The van der Waals surface area contributed by atoms with Gasteiger partial charge in [0.2, 0.25) is 0 Å². The average molecular weight is 161 g/mol. The highest BCUT2D eigenvalue weighted by atomic mass is 35.5. The first kappa shape index (κ1) is 6.71. The number of halogens is 1. The Labute approximate surface area is 63.1 Å². The van der Waals surface area contributed by atoms with Crippen LogP contribution in [0.4, 0.5) is 0 Å². The Morgan fingerprint density at radius 1 is 1.67 bits per heavy atom. The van der Waals surface area contributed by atoms with Crippen LogP contribution in [-0.2, 0) is 7.05 Å². The standard InChI is InChI=1S/C5H5ClN2S/c1-8-5(9)3-2-4(6)7-8/h2-3H,1H3. The first-order chi connectivity index (χ1) is 4.20. The fourth-order valence-electron chi connectivity index (χ4n) is 0.474. The average Bonchev–Trinajstić information content (AvgIpc) is 1.80. The molecule has 1 heterocycles. The molecule has 0 aliphatic carbocycles. The molecule has 0 aliphatic rings. The van der Waals surface area contributed by atoms with Gasteiger partial charge in [0.25, 0.3) is 0 Å². The van der Waals surface area contributed by atoms with E-state index in [1.807, 2.05) is 0 Å². The van der Waals surface area contributed by atoms with Gasteiger partial charge in [-0.3, -0.25) is 4.68 Å². The van der Waals surface area contributed by atoms with Crippen LogP contribution in [-0.4, -0.2) is 9.78 Å². The number of hydrogen-bond donors (Lipinski definition) is 0. The molecule has 4 heteroatoms. The van der Waals surface area contributed by atoms with Crippen LogP contribution < -0.4 is 0 Å². The van der Waals surface area contributed by atoms with E-state index in [4.69, 9.17) is 23.8 Å². The third-order valence-electron chi connectivity index (χ3n) is 0.928. The number of nitrogens with zero attached hydrogens (tertiary/aromatic N) is 2. The van der Waals surface area contributed by atoms with Gasteiger partial charge in [0.1, 0.15) is 9.79 Å². The molecular formula is C5H5ClN2S. The fourth-order valence-corrected chi connectivity index (χ4v) is 0.759. The molecule has 0 saturated carbocycles. The molecule has 48 valence electrons. The normalized spacial score (nSPS) is 9.56. The van der Waals surface area contributed by atoms with E-state index in [2.05, 4.69) is 5.10 Å². The van der Waals surface area contributed by atoms with Gasteiger partial charge in [0, 0.05) is 7.05 Å². The van der Waals surface area contributed by atoms with Crippen molar-refractivity contribution >= 4 is 23.8 Å². The van der Waals surface area contributed by atoms with Crippen molar-refractivity contribution in [3.05, 3.63) is 21.9 Å². The van der Waals surface area contributed by atoms with Crippen molar-refractivity contribution in [2.45, 2.75) is 0 Å². The van der Waals surface area contributed by atoms with Crippen LogP contribution >= 0.6 is 23.8 Å².